The van der Waals surface area contributed by atoms with Crippen LogP contribution in [0.2, 0.25) is 0 Å². The standard InChI is InChI=1S/C23H27N3O6/c1-15(27)32-22-18(16-8-10-17(31-4)11-9-16)14-19-20(6-5-7-21(19)26(29)30)25(23(22)28)13-12-24(2)3/h5-11,18,22H,12-14H2,1-4H3/t18-,22+/m1/s1. The minimum Gasteiger partial charge on any atom is -0.497 e. The normalized spacial score (nSPS) is 18.2. The molecule has 2 atom stereocenters. The number of esters is 1. The summed E-state index contributed by atoms with van der Waals surface area (Å²) in [6.45, 7) is 2.09. The molecule has 32 heavy (non-hydrogen) atoms. The van der Waals surface area contributed by atoms with Crippen LogP contribution in [0.15, 0.2) is 42.5 Å². The zero-order valence-corrected chi connectivity index (χ0v) is 18.6. The number of hydrogen-bond acceptors (Lipinski definition) is 7. The average Bonchev–Trinajstić information content (AvgIpc) is 2.86. The van der Waals surface area contributed by atoms with Gasteiger partial charge in [0.25, 0.3) is 11.6 Å². The highest BCUT2D eigenvalue weighted by Gasteiger charge is 2.42. The fourth-order valence-corrected chi connectivity index (χ4v) is 3.95. The summed E-state index contributed by atoms with van der Waals surface area (Å²) in [7, 11) is 5.30. The van der Waals surface area contributed by atoms with Gasteiger partial charge in [0.2, 0.25) is 0 Å². The van der Waals surface area contributed by atoms with E-state index in [1.54, 1.807) is 43.5 Å². The van der Waals surface area contributed by atoms with Gasteiger partial charge in [-0.3, -0.25) is 19.7 Å². The largest absolute Gasteiger partial charge is 0.497 e. The first kappa shape index (κ1) is 23.2. The van der Waals surface area contributed by atoms with Crippen LogP contribution in [0.4, 0.5) is 11.4 Å². The third-order valence-corrected chi connectivity index (χ3v) is 5.52. The van der Waals surface area contributed by atoms with Crippen LogP contribution in [0.3, 0.4) is 0 Å². The molecule has 1 heterocycles. The molecule has 2 aromatic rings. The Hall–Kier alpha value is -3.46. The van der Waals surface area contributed by atoms with Gasteiger partial charge in [0.1, 0.15) is 5.75 Å². The van der Waals surface area contributed by atoms with Crippen molar-refractivity contribution in [2.45, 2.75) is 25.4 Å². The average molecular weight is 441 g/mol. The van der Waals surface area contributed by atoms with E-state index in [2.05, 4.69) is 0 Å². The topological polar surface area (TPSA) is 102 Å². The van der Waals surface area contributed by atoms with E-state index in [0.29, 0.717) is 30.1 Å². The Morgan fingerprint density at radius 3 is 2.47 bits per heavy atom. The first-order valence-corrected chi connectivity index (χ1v) is 10.3. The van der Waals surface area contributed by atoms with Crippen molar-refractivity contribution in [1.29, 1.82) is 0 Å². The lowest BCUT2D eigenvalue weighted by molar-refractivity contribution is -0.385. The number of carbonyl (C=O) groups excluding carboxylic acids is 2. The molecule has 1 amide bonds. The highest BCUT2D eigenvalue weighted by atomic mass is 16.6. The molecule has 0 unspecified atom stereocenters. The van der Waals surface area contributed by atoms with Crippen molar-refractivity contribution < 1.29 is 24.0 Å². The Bertz CT molecular complexity index is 1010. The molecule has 0 fully saturated rings. The first-order chi connectivity index (χ1) is 15.2. The summed E-state index contributed by atoms with van der Waals surface area (Å²) in [5.74, 6) is -0.949. The van der Waals surface area contributed by atoms with Crippen molar-refractivity contribution in [3.8, 4) is 5.75 Å². The monoisotopic (exact) mass is 441 g/mol. The highest BCUT2D eigenvalue weighted by molar-refractivity contribution is 6.00. The summed E-state index contributed by atoms with van der Waals surface area (Å²) >= 11 is 0. The second-order valence-electron chi connectivity index (χ2n) is 7.94. The maximum Gasteiger partial charge on any atom is 0.303 e. The maximum atomic E-state index is 13.7. The number of nitro groups is 1. The van der Waals surface area contributed by atoms with Gasteiger partial charge in [-0.1, -0.05) is 18.2 Å². The zero-order valence-electron chi connectivity index (χ0n) is 18.6. The smallest absolute Gasteiger partial charge is 0.303 e. The van der Waals surface area contributed by atoms with Gasteiger partial charge in [0.05, 0.1) is 23.3 Å². The molecule has 0 aliphatic carbocycles. The second-order valence-corrected chi connectivity index (χ2v) is 7.94. The molecule has 0 spiro atoms. The number of benzene rings is 2. The number of likely N-dealkylation sites (N-methyl/N-ethyl adjacent to an activating group) is 1. The van der Waals surface area contributed by atoms with Crippen LogP contribution < -0.4 is 9.64 Å². The number of amides is 1. The van der Waals surface area contributed by atoms with Crippen LogP contribution in [-0.4, -0.2) is 62.1 Å². The molecule has 3 rings (SSSR count). The molecule has 9 nitrogen and oxygen atoms in total. The van der Waals surface area contributed by atoms with Crippen molar-refractivity contribution in [3.05, 3.63) is 63.7 Å². The summed E-state index contributed by atoms with van der Waals surface area (Å²) in [4.78, 5) is 40.4. The third kappa shape index (κ3) is 4.88. The predicted molar refractivity (Wildman–Crippen MR) is 119 cm³/mol. The van der Waals surface area contributed by atoms with Crippen LogP contribution in [-0.2, 0) is 20.7 Å². The van der Waals surface area contributed by atoms with Crippen LogP contribution in [0.25, 0.3) is 0 Å². The van der Waals surface area contributed by atoms with Crippen LogP contribution in [0.5, 0.6) is 5.75 Å². The summed E-state index contributed by atoms with van der Waals surface area (Å²) in [6.07, 6.45) is -0.948. The third-order valence-electron chi connectivity index (χ3n) is 5.52. The van der Waals surface area contributed by atoms with Gasteiger partial charge in [-0.2, -0.15) is 0 Å². The zero-order chi connectivity index (χ0) is 23.4. The maximum absolute atomic E-state index is 13.7. The second kappa shape index (κ2) is 9.78. The predicted octanol–water partition coefficient (Wildman–Crippen LogP) is 2.77. The number of rotatable bonds is 7. The van der Waals surface area contributed by atoms with Gasteiger partial charge >= 0.3 is 5.97 Å². The van der Waals surface area contributed by atoms with Crippen molar-refractivity contribution in [2.24, 2.45) is 0 Å². The van der Waals surface area contributed by atoms with Crippen molar-refractivity contribution in [1.82, 2.24) is 4.90 Å². The van der Waals surface area contributed by atoms with E-state index in [4.69, 9.17) is 9.47 Å². The van der Waals surface area contributed by atoms with E-state index in [9.17, 15) is 19.7 Å². The Labute approximate surface area is 186 Å². The Kier molecular flexibility index (Phi) is 7.09. The number of anilines is 1. The fraction of sp³-hybridized carbons (Fsp3) is 0.391. The van der Waals surface area contributed by atoms with Gasteiger partial charge in [-0.25, -0.2) is 0 Å². The van der Waals surface area contributed by atoms with Gasteiger partial charge in [0.15, 0.2) is 6.10 Å². The van der Waals surface area contributed by atoms with E-state index in [1.165, 1.54) is 17.9 Å². The summed E-state index contributed by atoms with van der Waals surface area (Å²) < 4.78 is 10.7. The van der Waals surface area contributed by atoms with E-state index in [1.807, 2.05) is 19.0 Å². The molecule has 1 aliphatic rings. The molecule has 1 aliphatic heterocycles. The van der Waals surface area contributed by atoms with Crippen LogP contribution in [0, 0.1) is 10.1 Å². The van der Waals surface area contributed by atoms with Crippen molar-refractivity contribution >= 4 is 23.3 Å². The molecule has 0 saturated carbocycles. The summed E-state index contributed by atoms with van der Waals surface area (Å²) in [6, 6.07) is 11.8. The van der Waals surface area contributed by atoms with Crippen LogP contribution >= 0.6 is 0 Å². The number of ether oxygens (including phenoxy) is 2. The van der Waals surface area contributed by atoms with Crippen molar-refractivity contribution in [3.63, 3.8) is 0 Å². The lowest BCUT2D eigenvalue weighted by Gasteiger charge is -2.29. The van der Waals surface area contributed by atoms with E-state index in [-0.39, 0.29) is 12.1 Å². The Morgan fingerprint density at radius 2 is 1.91 bits per heavy atom. The van der Waals surface area contributed by atoms with Crippen LogP contribution in [0.1, 0.15) is 24.0 Å². The molecule has 0 saturated heterocycles. The minimum absolute atomic E-state index is 0.0628. The lowest BCUT2D eigenvalue weighted by atomic mass is 9.87. The number of nitrogens with zero attached hydrogens (tertiary/aromatic N) is 3. The van der Waals surface area contributed by atoms with Crippen molar-refractivity contribution in [2.75, 3.05) is 39.2 Å². The van der Waals surface area contributed by atoms with E-state index >= 15 is 0 Å². The molecule has 0 aromatic heterocycles. The van der Waals surface area contributed by atoms with Gasteiger partial charge in [-0.15, -0.1) is 0 Å². The van der Waals surface area contributed by atoms with Gasteiger partial charge in [0, 0.05) is 32.0 Å². The van der Waals surface area contributed by atoms with E-state index in [0.717, 1.165) is 5.56 Å². The quantitative estimate of drug-likeness (QED) is 0.370. The number of methoxy groups -OCH3 is 1. The molecule has 9 heteroatoms. The fourth-order valence-electron chi connectivity index (χ4n) is 3.95. The molecular weight excluding hydrogens is 414 g/mol. The Balaban J connectivity index is 2.18. The molecular formula is C23H27N3O6. The van der Waals surface area contributed by atoms with E-state index < -0.39 is 28.8 Å². The highest BCUT2D eigenvalue weighted by Crippen LogP contribution is 2.40. The molecule has 170 valence electrons. The number of hydrogen-bond donors (Lipinski definition) is 0. The van der Waals surface area contributed by atoms with Gasteiger partial charge < -0.3 is 19.3 Å². The number of nitro benzene ring substituents is 1. The summed E-state index contributed by atoms with van der Waals surface area (Å²) in [5.41, 5.74) is 1.58. The summed E-state index contributed by atoms with van der Waals surface area (Å²) in [5, 5.41) is 11.8. The SMILES string of the molecule is COc1ccc([C@H]2Cc3c(cccc3[N+](=O)[O-])N(CCN(C)C)C(=O)[C@H]2OC(C)=O)cc1. The molecule has 2 aromatic carbocycles. The molecule has 0 bridgehead atoms. The number of carbonyl (C=O) groups is 2. The molecule has 0 radical (unpaired) electrons. The van der Waals surface area contributed by atoms with Gasteiger partial charge in [-0.05, 0) is 44.3 Å². The number of fused-ring (bicyclic) bond motifs is 1. The molecule has 0 N–H and O–H groups in total. The minimum atomic E-state index is -1.12. The first-order valence-electron chi connectivity index (χ1n) is 10.3. The Morgan fingerprint density at radius 1 is 1.22 bits per heavy atom. The lowest BCUT2D eigenvalue weighted by Crippen LogP contribution is -2.45.